The van der Waals surface area contributed by atoms with Crippen molar-refractivity contribution in [3.63, 3.8) is 0 Å². The van der Waals surface area contributed by atoms with Crippen LogP contribution in [0.25, 0.3) is 91.9 Å². The fourth-order valence-corrected chi connectivity index (χ4v) is 8.17. The van der Waals surface area contributed by atoms with Crippen LogP contribution in [0.4, 0.5) is 0 Å². The molecule has 0 aliphatic carbocycles. The molecule has 0 spiro atoms. The molecule has 10 aromatic rings. The summed E-state index contributed by atoms with van der Waals surface area (Å²) < 4.78 is 11.5. The van der Waals surface area contributed by atoms with Gasteiger partial charge in [-0.3, -0.25) is 0 Å². The van der Waals surface area contributed by atoms with Crippen molar-refractivity contribution in [3.05, 3.63) is 152 Å². The molecule has 0 bridgehead atoms. The topological polar surface area (TPSA) is 18.1 Å². The minimum Gasteiger partial charge on any atom is -0.454 e. The lowest BCUT2D eigenvalue weighted by atomic mass is 9.98. The molecule has 3 heteroatoms. The Morgan fingerprint density at radius 1 is 0.444 bits per heavy atom. The number of thiophene rings is 1. The average molecular weight is 592 g/mol. The van der Waals surface area contributed by atoms with Crippen molar-refractivity contribution in [1.82, 2.24) is 4.57 Å². The third kappa shape index (κ3) is 3.75. The quantitative estimate of drug-likeness (QED) is 0.200. The SMILES string of the molecule is c1ccc(-n2c3ccccc3c3oc4ccc(-c5ccc(-c6ccc7c(c6)sc6cc8ccccc8cc67)cc5)cc4c32)cc1. The van der Waals surface area contributed by atoms with Gasteiger partial charge in [-0.2, -0.15) is 0 Å². The molecule has 0 aliphatic rings. The van der Waals surface area contributed by atoms with Crippen molar-refractivity contribution < 1.29 is 4.42 Å². The predicted molar refractivity (Wildman–Crippen MR) is 192 cm³/mol. The maximum atomic E-state index is 6.50. The Morgan fingerprint density at radius 2 is 1.09 bits per heavy atom. The molecule has 0 aliphatic heterocycles. The number of hydrogen-bond acceptors (Lipinski definition) is 2. The Balaban J connectivity index is 1.07. The van der Waals surface area contributed by atoms with Crippen molar-refractivity contribution in [2.45, 2.75) is 0 Å². The highest BCUT2D eigenvalue weighted by molar-refractivity contribution is 7.25. The van der Waals surface area contributed by atoms with Gasteiger partial charge in [-0.15, -0.1) is 11.3 Å². The summed E-state index contributed by atoms with van der Waals surface area (Å²) in [5.41, 5.74) is 10.1. The zero-order valence-corrected chi connectivity index (χ0v) is 25.0. The number of nitrogens with zero attached hydrogens (tertiary/aromatic N) is 1. The van der Waals surface area contributed by atoms with E-state index in [-0.39, 0.29) is 0 Å². The first-order chi connectivity index (χ1) is 22.3. The third-order valence-electron chi connectivity index (χ3n) is 9.18. The number of para-hydroxylation sites is 2. The maximum Gasteiger partial charge on any atom is 0.161 e. The van der Waals surface area contributed by atoms with Gasteiger partial charge in [-0.05, 0) is 87.6 Å². The molecule has 3 aromatic heterocycles. The molecule has 2 nitrogen and oxygen atoms in total. The summed E-state index contributed by atoms with van der Waals surface area (Å²) in [5, 5.41) is 7.50. The zero-order valence-electron chi connectivity index (χ0n) is 24.2. The van der Waals surface area contributed by atoms with E-state index in [9.17, 15) is 0 Å². The van der Waals surface area contributed by atoms with Crippen LogP contribution in [0.2, 0.25) is 0 Å². The minimum atomic E-state index is 0.903. The fourth-order valence-electron chi connectivity index (χ4n) is 6.99. The Kier molecular flexibility index (Phi) is 5.19. The van der Waals surface area contributed by atoms with E-state index in [4.69, 9.17) is 4.42 Å². The average Bonchev–Trinajstić information content (AvgIpc) is 3.75. The van der Waals surface area contributed by atoms with Crippen LogP contribution in [-0.2, 0) is 0 Å². The van der Waals surface area contributed by atoms with E-state index >= 15 is 0 Å². The molecule has 45 heavy (non-hydrogen) atoms. The molecule has 0 atom stereocenters. The smallest absolute Gasteiger partial charge is 0.161 e. The molecule has 7 aromatic carbocycles. The number of aromatic nitrogens is 1. The molecule has 0 saturated carbocycles. The van der Waals surface area contributed by atoms with E-state index < -0.39 is 0 Å². The van der Waals surface area contributed by atoms with Crippen LogP contribution in [0, 0.1) is 0 Å². The number of fused-ring (bicyclic) bond motifs is 9. The first-order valence-electron chi connectivity index (χ1n) is 15.3. The van der Waals surface area contributed by atoms with Gasteiger partial charge in [0.25, 0.3) is 0 Å². The molecular formula is C42H25NOS. The van der Waals surface area contributed by atoms with Crippen molar-refractivity contribution in [1.29, 1.82) is 0 Å². The highest BCUT2D eigenvalue weighted by Gasteiger charge is 2.19. The van der Waals surface area contributed by atoms with E-state index in [0.717, 1.165) is 38.7 Å². The summed E-state index contributed by atoms with van der Waals surface area (Å²) in [6.45, 7) is 0. The molecule has 0 N–H and O–H groups in total. The normalized spacial score (nSPS) is 12.0. The third-order valence-corrected chi connectivity index (χ3v) is 10.3. The first kappa shape index (κ1) is 24.8. The lowest BCUT2D eigenvalue weighted by Crippen LogP contribution is -1.92. The lowest BCUT2D eigenvalue weighted by molar-refractivity contribution is 0.673. The predicted octanol–water partition coefficient (Wildman–Crippen LogP) is 12.4. The largest absolute Gasteiger partial charge is 0.454 e. The Bertz CT molecular complexity index is 2740. The van der Waals surface area contributed by atoms with Crippen LogP contribution in [0.1, 0.15) is 0 Å². The number of benzene rings is 7. The van der Waals surface area contributed by atoms with E-state index in [1.165, 1.54) is 53.2 Å². The van der Waals surface area contributed by atoms with Crippen LogP contribution in [-0.4, -0.2) is 4.57 Å². The van der Waals surface area contributed by atoms with Crippen molar-refractivity contribution >= 4 is 75.3 Å². The van der Waals surface area contributed by atoms with Gasteiger partial charge in [0.2, 0.25) is 0 Å². The minimum absolute atomic E-state index is 0.903. The molecule has 210 valence electrons. The second-order valence-electron chi connectivity index (χ2n) is 11.8. The van der Waals surface area contributed by atoms with Crippen LogP contribution < -0.4 is 0 Å². The van der Waals surface area contributed by atoms with Crippen LogP contribution in [0.5, 0.6) is 0 Å². The van der Waals surface area contributed by atoms with Gasteiger partial charge in [0.1, 0.15) is 11.1 Å². The summed E-state index contributed by atoms with van der Waals surface area (Å²) >= 11 is 1.88. The van der Waals surface area contributed by atoms with Gasteiger partial charge in [0.15, 0.2) is 5.58 Å². The van der Waals surface area contributed by atoms with Gasteiger partial charge in [-0.25, -0.2) is 0 Å². The summed E-state index contributed by atoms with van der Waals surface area (Å²) in [6, 6.07) is 54.8. The fraction of sp³-hybridized carbons (Fsp3) is 0. The molecule has 0 fully saturated rings. The standard InChI is InChI=1S/C42H25NOS/c1-2-10-32(11-3-1)43-37-13-7-6-12-34(37)42-41(43)36-23-30(19-21-38(36)44-42)26-14-16-27(17-15-26)31-18-20-33-35-22-28-8-4-5-9-29(28)24-40(35)45-39(33)25-31/h1-25H. The molecule has 3 heterocycles. The Hall–Kier alpha value is -5.64. The number of rotatable bonds is 3. The van der Waals surface area contributed by atoms with Crippen molar-refractivity contribution in [2.24, 2.45) is 0 Å². The van der Waals surface area contributed by atoms with Gasteiger partial charge >= 0.3 is 0 Å². The summed E-state index contributed by atoms with van der Waals surface area (Å²) in [5.74, 6) is 0. The number of furan rings is 1. The van der Waals surface area contributed by atoms with E-state index in [0.29, 0.717) is 0 Å². The van der Waals surface area contributed by atoms with E-state index in [1.807, 2.05) is 11.3 Å². The maximum absolute atomic E-state index is 6.50. The number of hydrogen-bond donors (Lipinski definition) is 0. The van der Waals surface area contributed by atoms with E-state index in [2.05, 4.69) is 156 Å². The summed E-state index contributed by atoms with van der Waals surface area (Å²) in [4.78, 5) is 0. The van der Waals surface area contributed by atoms with Crippen molar-refractivity contribution in [2.75, 3.05) is 0 Å². The monoisotopic (exact) mass is 591 g/mol. The van der Waals surface area contributed by atoms with Gasteiger partial charge in [-0.1, -0.05) is 97.1 Å². The molecule has 0 saturated heterocycles. The molecule has 0 unspecified atom stereocenters. The van der Waals surface area contributed by atoms with Gasteiger partial charge in [0, 0.05) is 36.6 Å². The first-order valence-corrected chi connectivity index (χ1v) is 16.1. The highest BCUT2D eigenvalue weighted by Crippen LogP contribution is 2.41. The summed E-state index contributed by atoms with van der Waals surface area (Å²) in [6.07, 6.45) is 0. The van der Waals surface area contributed by atoms with Crippen LogP contribution >= 0.6 is 11.3 Å². The van der Waals surface area contributed by atoms with Crippen LogP contribution in [0.15, 0.2) is 156 Å². The van der Waals surface area contributed by atoms with Crippen LogP contribution in [0.3, 0.4) is 0 Å². The van der Waals surface area contributed by atoms with Gasteiger partial charge < -0.3 is 8.98 Å². The molecule has 10 rings (SSSR count). The van der Waals surface area contributed by atoms with Gasteiger partial charge in [0.05, 0.1) is 5.52 Å². The Labute approximate surface area is 263 Å². The van der Waals surface area contributed by atoms with E-state index in [1.54, 1.807) is 0 Å². The highest BCUT2D eigenvalue weighted by atomic mass is 32.1. The summed E-state index contributed by atoms with van der Waals surface area (Å²) in [7, 11) is 0. The molecule has 0 radical (unpaired) electrons. The molecular weight excluding hydrogens is 567 g/mol. The zero-order chi connectivity index (χ0) is 29.5. The van der Waals surface area contributed by atoms with Crippen molar-refractivity contribution in [3.8, 4) is 27.9 Å². The Morgan fingerprint density at radius 3 is 1.91 bits per heavy atom. The molecule has 0 amide bonds. The lowest BCUT2D eigenvalue weighted by Gasteiger charge is -2.08. The second-order valence-corrected chi connectivity index (χ2v) is 12.8. The second kappa shape index (κ2) is 9.43.